The highest BCUT2D eigenvalue weighted by Gasteiger charge is 2.32. The number of rotatable bonds is 7. The third kappa shape index (κ3) is 3.81. The lowest BCUT2D eigenvalue weighted by Crippen LogP contribution is -2.45. The molecule has 1 aliphatic rings. The topological polar surface area (TPSA) is 35.5 Å². The van der Waals surface area contributed by atoms with Crippen molar-refractivity contribution in [3.8, 4) is 0 Å². The summed E-state index contributed by atoms with van der Waals surface area (Å²) in [6, 6.07) is 10.8. The van der Waals surface area contributed by atoms with Crippen LogP contribution in [-0.2, 0) is 5.41 Å². The van der Waals surface area contributed by atoms with Crippen LogP contribution >= 0.6 is 0 Å². The van der Waals surface area contributed by atoms with Gasteiger partial charge in [-0.15, -0.1) is 0 Å². The van der Waals surface area contributed by atoms with Gasteiger partial charge in [0.05, 0.1) is 0 Å². The number of nitrogens with zero attached hydrogens (tertiary/aromatic N) is 1. The minimum atomic E-state index is 0.127. The van der Waals surface area contributed by atoms with Gasteiger partial charge in [-0.3, -0.25) is 0 Å². The molecule has 1 saturated heterocycles. The van der Waals surface area contributed by atoms with E-state index in [1.54, 1.807) is 0 Å². The Balaban J connectivity index is 2.07. The molecule has 0 bridgehead atoms. The average molecular weight is 276 g/mol. The summed E-state index contributed by atoms with van der Waals surface area (Å²) in [7, 11) is 0. The molecule has 0 radical (unpaired) electrons. The molecular formula is C17H28N2O. The Morgan fingerprint density at radius 1 is 1.35 bits per heavy atom. The summed E-state index contributed by atoms with van der Waals surface area (Å²) in [5, 5.41) is 12.8. The Hall–Kier alpha value is -0.900. The van der Waals surface area contributed by atoms with E-state index < -0.39 is 0 Å². The lowest BCUT2D eigenvalue weighted by atomic mass is 9.81. The normalized spacial score (nSPS) is 22.9. The number of benzene rings is 1. The van der Waals surface area contributed by atoms with Gasteiger partial charge in [0.25, 0.3) is 0 Å². The van der Waals surface area contributed by atoms with Crippen molar-refractivity contribution in [2.45, 2.75) is 25.7 Å². The van der Waals surface area contributed by atoms with E-state index >= 15 is 0 Å². The predicted molar refractivity (Wildman–Crippen MR) is 84.0 cm³/mol. The van der Waals surface area contributed by atoms with E-state index in [2.05, 4.69) is 54.4 Å². The fourth-order valence-electron chi connectivity index (χ4n) is 3.19. The van der Waals surface area contributed by atoms with Crippen LogP contribution in [0.15, 0.2) is 30.3 Å². The largest absolute Gasteiger partial charge is 0.396 e. The molecule has 112 valence electrons. The second kappa shape index (κ2) is 7.21. The molecule has 2 N–H and O–H groups in total. The average Bonchev–Trinajstić information content (AvgIpc) is 2.93. The third-order valence-corrected chi connectivity index (χ3v) is 4.44. The van der Waals surface area contributed by atoms with Gasteiger partial charge in [0.1, 0.15) is 0 Å². The first-order valence-corrected chi connectivity index (χ1v) is 7.77. The Morgan fingerprint density at radius 3 is 2.70 bits per heavy atom. The van der Waals surface area contributed by atoms with Crippen molar-refractivity contribution in [1.29, 1.82) is 0 Å². The summed E-state index contributed by atoms with van der Waals surface area (Å²) < 4.78 is 0. The number of aliphatic hydroxyl groups is 1. The molecule has 20 heavy (non-hydrogen) atoms. The lowest BCUT2D eigenvalue weighted by Gasteiger charge is -2.35. The maximum Gasteiger partial charge on any atom is 0.0471 e. The highest BCUT2D eigenvalue weighted by molar-refractivity contribution is 5.25. The van der Waals surface area contributed by atoms with Gasteiger partial charge in [0.2, 0.25) is 0 Å². The molecule has 1 heterocycles. The summed E-state index contributed by atoms with van der Waals surface area (Å²) in [6.45, 7) is 10.0. The molecule has 2 unspecified atom stereocenters. The van der Waals surface area contributed by atoms with Crippen LogP contribution in [0, 0.1) is 5.92 Å². The molecule has 0 aromatic heterocycles. The van der Waals surface area contributed by atoms with Gasteiger partial charge < -0.3 is 15.3 Å². The molecule has 0 saturated carbocycles. The molecule has 1 aromatic carbocycles. The number of nitrogens with one attached hydrogen (secondary N) is 1. The van der Waals surface area contributed by atoms with Gasteiger partial charge in [-0.1, -0.05) is 44.2 Å². The third-order valence-electron chi connectivity index (χ3n) is 4.44. The van der Waals surface area contributed by atoms with Crippen molar-refractivity contribution in [2.24, 2.45) is 5.92 Å². The Bertz CT molecular complexity index is 395. The van der Waals surface area contributed by atoms with E-state index in [1.165, 1.54) is 5.56 Å². The maximum atomic E-state index is 9.30. The van der Waals surface area contributed by atoms with E-state index in [4.69, 9.17) is 0 Å². The first-order valence-electron chi connectivity index (χ1n) is 7.77. The minimum absolute atomic E-state index is 0.127. The second-order valence-corrected chi connectivity index (χ2v) is 6.28. The fourth-order valence-corrected chi connectivity index (χ4v) is 3.19. The SMILES string of the molecule is CCNCC(C)(CN1CCC(CO)C1)c1ccccc1. The van der Waals surface area contributed by atoms with Crippen molar-refractivity contribution < 1.29 is 5.11 Å². The zero-order chi connectivity index (χ0) is 14.4. The molecule has 3 heteroatoms. The van der Waals surface area contributed by atoms with E-state index in [0.717, 1.165) is 39.1 Å². The number of hydrogen-bond donors (Lipinski definition) is 2. The van der Waals surface area contributed by atoms with Crippen LogP contribution in [0.25, 0.3) is 0 Å². The zero-order valence-electron chi connectivity index (χ0n) is 12.8. The number of aliphatic hydroxyl groups excluding tert-OH is 1. The minimum Gasteiger partial charge on any atom is -0.396 e. The van der Waals surface area contributed by atoms with E-state index in [9.17, 15) is 5.11 Å². The van der Waals surface area contributed by atoms with E-state index in [1.807, 2.05) is 0 Å². The van der Waals surface area contributed by atoms with Gasteiger partial charge in [0, 0.05) is 31.7 Å². The molecule has 1 fully saturated rings. The first-order chi connectivity index (χ1) is 9.68. The summed E-state index contributed by atoms with van der Waals surface area (Å²) in [5.74, 6) is 0.467. The van der Waals surface area contributed by atoms with Gasteiger partial charge in [0.15, 0.2) is 0 Å². The molecule has 2 rings (SSSR count). The summed E-state index contributed by atoms with van der Waals surface area (Å²) in [5.41, 5.74) is 1.52. The second-order valence-electron chi connectivity index (χ2n) is 6.28. The van der Waals surface area contributed by atoms with Crippen LogP contribution in [-0.4, -0.2) is 49.3 Å². The lowest BCUT2D eigenvalue weighted by molar-refractivity contribution is 0.205. The van der Waals surface area contributed by atoms with Gasteiger partial charge >= 0.3 is 0 Å². The first kappa shape index (κ1) is 15.5. The van der Waals surface area contributed by atoms with Crippen molar-refractivity contribution in [3.05, 3.63) is 35.9 Å². The number of likely N-dealkylation sites (tertiary alicyclic amines) is 1. The summed E-state index contributed by atoms with van der Waals surface area (Å²) in [6.07, 6.45) is 1.13. The predicted octanol–water partition coefficient (Wildman–Crippen LogP) is 1.87. The van der Waals surface area contributed by atoms with Crippen LogP contribution in [0.5, 0.6) is 0 Å². The van der Waals surface area contributed by atoms with Gasteiger partial charge in [-0.2, -0.15) is 0 Å². The zero-order valence-corrected chi connectivity index (χ0v) is 12.8. The molecule has 0 spiro atoms. The Labute approximate surface area is 123 Å². The van der Waals surface area contributed by atoms with Gasteiger partial charge in [-0.25, -0.2) is 0 Å². The summed E-state index contributed by atoms with van der Waals surface area (Å²) >= 11 is 0. The quantitative estimate of drug-likeness (QED) is 0.798. The van der Waals surface area contributed by atoms with Crippen LogP contribution in [0.1, 0.15) is 25.8 Å². The number of likely N-dealkylation sites (N-methyl/N-ethyl adjacent to an activating group) is 1. The van der Waals surface area contributed by atoms with Crippen molar-refractivity contribution in [3.63, 3.8) is 0 Å². The van der Waals surface area contributed by atoms with Crippen LogP contribution in [0.4, 0.5) is 0 Å². The fraction of sp³-hybridized carbons (Fsp3) is 0.647. The van der Waals surface area contributed by atoms with E-state index in [0.29, 0.717) is 12.5 Å². The molecule has 3 nitrogen and oxygen atoms in total. The van der Waals surface area contributed by atoms with Crippen LogP contribution in [0.2, 0.25) is 0 Å². The van der Waals surface area contributed by atoms with E-state index in [-0.39, 0.29) is 5.41 Å². The molecule has 0 amide bonds. The van der Waals surface area contributed by atoms with Crippen molar-refractivity contribution in [1.82, 2.24) is 10.2 Å². The molecule has 0 aliphatic carbocycles. The Morgan fingerprint density at radius 2 is 2.10 bits per heavy atom. The Kier molecular flexibility index (Phi) is 5.58. The van der Waals surface area contributed by atoms with Crippen LogP contribution < -0.4 is 5.32 Å². The standard InChI is InChI=1S/C17H28N2O/c1-3-18-13-17(2,16-7-5-4-6-8-16)14-19-10-9-15(11-19)12-20/h4-8,15,18,20H,3,9-14H2,1-2H3. The molecule has 2 atom stereocenters. The smallest absolute Gasteiger partial charge is 0.0471 e. The molecule has 1 aliphatic heterocycles. The van der Waals surface area contributed by atoms with Gasteiger partial charge in [-0.05, 0) is 31.0 Å². The van der Waals surface area contributed by atoms with Crippen molar-refractivity contribution in [2.75, 3.05) is 39.3 Å². The molecular weight excluding hydrogens is 248 g/mol. The van der Waals surface area contributed by atoms with Crippen LogP contribution in [0.3, 0.4) is 0 Å². The summed E-state index contributed by atoms with van der Waals surface area (Å²) in [4.78, 5) is 2.51. The monoisotopic (exact) mass is 276 g/mol. The highest BCUT2D eigenvalue weighted by Crippen LogP contribution is 2.27. The number of hydrogen-bond acceptors (Lipinski definition) is 3. The molecule has 1 aromatic rings. The highest BCUT2D eigenvalue weighted by atomic mass is 16.3. The maximum absolute atomic E-state index is 9.30. The van der Waals surface area contributed by atoms with Crippen molar-refractivity contribution >= 4 is 0 Å².